The average Bonchev–Trinajstić information content (AvgIpc) is 2.89. The number of carbonyl (C=O) groups excluding carboxylic acids is 1. The average molecular weight is 298 g/mol. The number of anilines is 1. The maximum absolute atomic E-state index is 12.1. The minimum atomic E-state index is -0.298. The Morgan fingerprint density at radius 3 is 2.86 bits per heavy atom. The predicted molar refractivity (Wildman–Crippen MR) is 83.7 cm³/mol. The third-order valence-corrected chi connectivity index (χ3v) is 4.02. The second kappa shape index (κ2) is 5.57. The van der Waals surface area contributed by atoms with Gasteiger partial charge < -0.3 is 0 Å². The number of amides is 1. The van der Waals surface area contributed by atoms with E-state index in [2.05, 4.69) is 40.2 Å². The minimum absolute atomic E-state index is 0.279. The summed E-state index contributed by atoms with van der Waals surface area (Å²) in [5.41, 5.74) is 2.41. The molecule has 106 valence electrons. The number of rotatable bonds is 3. The number of fused-ring (bicyclic) bond motifs is 1. The summed E-state index contributed by atoms with van der Waals surface area (Å²) in [6.07, 6.45) is 4.45. The van der Waals surface area contributed by atoms with Gasteiger partial charge in [-0.3, -0.25) is 15.1 Å². The van der Waals surface area contributed by atoms with Crippen molar-refractivity contribution in [2.45, 2.75) is 19.8 Å². The maximum Gasteiger partial charge on any atom is 0.277 e. The Morgan fingerprint density at radius 2 is 2.14 bits per heavy atom. The first-order chi connectivity index (χ1) is 10.1. The van der Waals surface area contributed by atoms with Crippen molar-refractivity contribution in [3.63, 3.8) is 0 Å². The lowest BCUT2D eigenvalue weighted by Crippen LogP contribution is -2.13. The molecule has 5 nitrogen and oxygen atoms in total. The van der Waals surface area contributed by atoms with Crippen LogP contribution in [0.25, 0.3) is 10.2 Å². The number of hydrogen-bond acceptors (Lipinski definition) is 5. The van der Waals surface area contributed by atoms with Gasteiger partial charge in [-0.25, -0.2) is 9.97 Å². The zero-order valence-electron chi connectivity index (χ0n) is 11.7. The van der Waals surface area contributed by atoms with Gasteiger partial charge in [0.1, 0.15) is 5.69 Å². The Morgan fingerprint density at radius 1 is 1.29 bits per heavy atom. The quantitative estimate of drug-likeness (QED) is 0.804. The summed E-state index contributed by atoms with van der Waals surface area (Å²) in [5.74, 6) is 0.0904. The molecule has 2 heterocycles. The van der Waals surface area contributed by atoms with Gasteiger partial charge in [-0.15, -0.1) is 0 Å². The van der Waals surface area contributed by atoms with Crippen LogP contribution in [0.2, 0.25) is 0 Å². The number of benzene rings is 1. The van der Waals surface area contributed by atoms with E-state index in [0.29, 0.717) is 11.0 Å². The highest BCUT2D eigenvalue weighted by Crippen LogP contribution is 2.31. The highest BCUT2D eigenvalue weighted by atomic mass is 32.1. The van der Waals surface area contributed by atoms with Crippen molar-refractivity contribution in [1.82, 2.24) is 15.0 Å². The highest BCUT2D eigenvalue weighted by molar-refractivity contribution is 7.22. The normalized spacial score (nSPS) is 11.0. The summed E-state index contributed by atoms with van der Waals surface area (Å²) in [4.78, 5) is 24.5. The summed E-state index contributed by atoms with van der Waals surface area (Å²) in [7, 11) is 0. The van der Waals surface area contributed by atoms with Crippen LogP contribution in [0.4, 0.5) is 5.13 Å². The first-order valence-electron chi connectivity index (χ1n) is 6.62. The molecule has 1 amide bonds. The lowest BCUT2D eigenvalue weighted by molar-refractivity contribution is 0.102. The van der Waals surface area contributed by atoms with E-state index in [-0.39, 0.29) is 11.6 Å². The second-order valence-electron chi connectivity index (χ2n) is 4.91. The molecule has 6 heteroatoms. The maximum atomic E-state index is 12.1. The standard InChI is InChI=1S/C15H14N4OS/c1-9(2)10-4-3-5-12-13(10)18-15(21-12)19-14(20)11-8-16-6-7-17-11/h3-9H,1-2H3,(H,18,19,20). The molecule has 0 aliphatic rings. The van der Waals surface area contributed by atoms with Crippen molar-refractivity contribution < 1.29 is 4.79 Å². The molecule has 0 spiro atoms. The van der Waals surface area contributed by atoms with Crippen LogP contribution in [0.5, 0.6) is 0 Å². The largest absolute Gasteiger partial charge is 0.296 e. The van der Waals surface area contributed by atoms with Crippen LogP contribution in [-0.4, -0.2) is 20.9 Å². The van der Waals surface area contributed by atoms with Crippen LogP contribution < -0.4 is 5.32 Å². The number of aromatic nitrogens is 3. The monoisotopic (exact) mass is 298 g/mol. The Labute approximate surface area is 126 Å². The molecular formula is C15H14N4OS. The Hall–Kier alpha value is -2.34. The molecule has 2 aromatic heterocycles. The van der Waals surface area contributed by atoms with E-state index < -0.39 is 0 Å². The van der Waals surface area contributed by atoms with Crippen LogP contribution in [0.15, 0.2) is 36.8 Å². The molecule has 0 aliphatic heterocycles. The summed E-state index contributed by atoms with van der Waals surface area (Å²) in [6.45, 7) is 4.26. The summed E-state index contributed by atoms with van der Waals surface area (Å²) in [5, 5.41) is 3.36. The summed E-state index contributed by atoms with van der Waals surface area (Å²) < 4.78 is 1.07. The molecule has 1 N–H and O–H groups in total. The molecule has 0 atom stereocenters. The highest BCUT2D eigenvalue weighted by Gasteiger charge is 2.13. The third kappa shape index (κ3) is 2.75. The van der Waals surface area contributed by atoms with Crippen LogP contribution in [0.1, 0.15) is 35.8 Å². The van der Waals surface area contributed by atoms with Gasteiger partial charge in [-0.05, 0) is 17.5 Å². The lowest BCUT2D eigenvalue weighted by atomic mass is 10.0. The number of carbonyl (C=O) groups is 1. The minimum Gasteiger partial charge on any atom is -0.296 e. The predicted octanol–water partition coefficient (Wildman–Crippen LogP) is 3.46. The second-order valence-corrected chi connectivity index (χ2v) is 5.94. The van der Waals surface area contributed by atoms with Crippen molar-refractivity contribution in [2.24, 2.45) is 0 Å². The lowest BCUT2D eigenvalue weighted by Gasteiger charge is -2.04. The van der Waals surface area contributed by atoms with E-state index >= 15 is 0 Å². The summed E-state index contributed by atoms with van der Waals surface area (Å²) in [6, 6.07) is 6.10. The van der Waals surface area contributed by atoms with E-state index in [0.717, 1.165) is 10.2 Å². The van der Waals surface area contributed by atoms with Crippen LogP contribution in [-0.2, 0) is 0 Å². The van der Waals surface area contributed by atoms with Gasteiger partial charge in [0.25, 0.3) is 5.91 Å². The summed E-state index contributed by atoms with van der Waals surface area (Å²) >= 11 is 1.46. The smallest absolute Gasteiger partial charge is 0.277 e. The third-order valence-electron chi connectivity index (χ3n) is 3.09. The molecule has 3 aromatic rings. The molecule has 0 saturated carbocycles. The molecule has 0 fully saturated rings. The van der Waals surface area contributed by atoms with Gasteiger partial charge in [0.2, 0.25) is 0 Å². The van der Waals surface area contributed by atoms with Crippen molar-refractivity contribution in [1.29, 1.82) is 0 Å². The topological polar surface area (TPSA) is 67.8 Å². The number of thiazole rings is 1. The number of hydrogen-bond donors (Lipinski definition) is 1. The van der Waals surface area contributed by atoms with Gasteiger partial charge in [-0.2, -0.15) is 0 Å². The first kappa shape index (κ1) is 13.6. The molecule has 0 aliphatic carbocycles. The SMILES string of the molecule is CC(C)c1cccc2sc(NC(=O)c3cnccn3)nc12. The number of nitrogens with one attached hydrogen (secondary N) is 1. The van der Waals surface area contributed by atoms with Crippen molar-refractivity contribution in [3.8, 4) is 0 Å². The zero-order chi connectivity index (χ0) is 14.8. The van der Waals surface area contributed by atoms with E-state index in [1.165, 1.54) is 35.5 Å². The number of nitrogens with zero attached hydrogens (tertiary/aromatic N) is 3. The van der Waals surface area contributed by atoms with Crippen LogP contribution >= 0.6 is 11.3 Å². The van der Waals surface area contributed by atoms with E-state index in [1.807, 2.05) is 12.1 Å². The molecule has 0 radical (unpaired) electrons. The molecule has 1 aromatic carbocycles. The van der Waals surface area contributed by atoms with Gasteiger partial charge in [0.05, 0.1) is 16.4 Å². The fraction of sp³-hybridized carbons (Fsp3) is 0.200. The fourth-order valence-corrected chi connectivity index (χ4v) is 2.96. The zero-order valence-corrected chi connectivity index (χ0v) is 12.5. The number of para-hydroxylation sites is 1. The van der Waals surface area contributed by atoms with Crippen LogP contribution in [0, 0.1) is 0 Å². The van der Waals surface area contributed by atoms with E-state index in [1.54, 1.807) is 0 Å². The Kier molecular flexibility index (Phi) is 3.62. The van der Waals surface area contributed by atoms with Crippen molar-refractivity contribution >= 4 is 32.6 Å². The van der Waals surface area contributed by atoms with Gasteiger partial charge in [0.15, 0.2) is 5.13 Å². The molecule has 0 saturated heterocycles. The van der Waals surface area contributed by atoms with Gasteiger partial charge in [-0.1, -0.05) is 37.3 Å². The van der Waals surface area contributed by atoms with Gasteiger partial charge in [0, 0.05) is 12.4 Å². The molecule has 0 unspecified atom stereocenters. The molecule has 21 heavy (non-hydrogen) atoms. The molecular weight excluding hydrogens is 284 g/mol. The van der Waals surface area contributed by atoms with Crippen molar-refractivity contribution in [2.75, 3.05) is 5.32 Å². The fourth-order valence-electron chi connectivity index (χ4n) is 2.07. The molecule has 0 bridgehead atoms. The Balaban J connectivity index is 1.92. The van der Waals surface area contributed by atoms with Crippen LogP contribution in [0.3, 0.4) is 0 Å². The molecule has 3 rings (SSSR count). The van der Waals surface area contributed by atoms with Crippen molar-refractivity contribution in [3.05, 3.63) is 48.0 Å². The van der Waals surface area contributed by atoms with Gasteiger partial charge >= 0.3 is 0 Å². The van der Waals surface area contributed by atoms with E-state index in [4.69, 9.17) is 0 Å². The first-order valence-corrected chi connectivity index (χ1v) is 7.43. The van der Waals surface area contributed by atoms with E-state index in [9.17, 15) is 4.79 Å². The Bertz CT molecular complexity index is 783.